The van der Waals surface area contributed by atoms with E-state index < -0.39 is 17.8 Å². The molecule has 0 saturated carbocycles. The minimum atomic E-state index is -0.812. The van der Waals surface area contributed by atoms with Crippen LogP contribution < -0.4 is 14.8 Å². The molecule has 2 aromatic carbocycles. The van der Waals surface area contributed by atoms with Gasteiger partial charge in [0.25, 0.3) is 11.8 Å². The normalized spacial score (nSPS) is 15.0. The summed E-state index contributed by atoms with van der Waals surface area (Å²) in [7, 11) is 1.48. The number of carbonyl (C=O) groups excluding carboxylic acids is 3. The number of hydrogen-bond donors (Lipinski definition) is 1. The van der Waals surface area contributed by atoms with E-state index in [0.29, 0.717) is 32.3 Å². The van der Waals surface area contributed by atoms with Gasteiger partial charge >= 0.3 is 6.03 Å². The number of benzene rings is 2. The van der Waals surface area contributed by atoms with Crippen molar-refractivity contribution in [3.63, 3.8) is 0 Å². The van der Waals surface area contributed by atoms with Crippen molar-refractivity contribution in [1.82, 2.24) is 10.2 Å². The number of ether oxygens (including phenoxy) is 2. The molecule has 0 bridgehead atoms. The van der Waals surface area contributed by atoms with Gasteiger partial charge < -0.3 is 13.9 Å². The second-order valence-electron chi connectivity index (χ2n) is 7.24. The van der Waals surface area contributed by atoms with Crippen molar-refractivity contribution in [2.45, 2.75) is 13.2 Å². The maximum Gasteiger partial charge on any atom is 0.331 e. The van der Waals surface area contributed by atoms with E-state index in [1.54, 1.807) is 36.4 Å². The van der Waals surface area contributed by atoms with E-state index in [2.05, 4.69) is 21.2 Å². The first-order valence-corrected chi connectivity index (χ1v) is 11.2. The Morgan fingerprint density at radius 3 is 2.59 bits per heavy atom. The predicted octanol–water partition coefficient (Wildman–Crippen LogP) is 4.95. The summed E-state index contributed by atoms with van der Waals surface area (Å²) >= 11 is 9.38. The molecule has 10 heteroatoms. The van der Waals surface area contributed by atoms with Crippen LogP contribution in [-0.2, 0) is 22.7 Å². The lowest BCUT2D eigenvalue weighted by molar-refractivity contribution is -0.130. The molecule has 3 aromatic rings. The van der Waals surface area contributed by atoms with Gasteiger partial charge in [0.15, 0.2) is 11.5 Å². The van der Waals surface area contributed by atoms with Crippen LogP contribution in [0.25, 0.3) is 6.08 Å². The number of amides is 4. The van der Waals surface area contributed by atoms with Crippen LogP contribution in [0.4, 0.5) is 4.79 Å². The van der Waals surface area contributed by atoms with Gasteiger partial charge in [-0.15, -0.1) is 0 Å². The van der Waals surface area contributed by atoms with E-state index in [1.165, 1.54) is 19.4 Å². The Morgan fingerprint density at radius 1 is 1.15 bits per heavy atom. The summed E-state index contributed by atoms with van der Waals surface area (Å²) in [6, 6.07) is 13.0. The maximum absolute atomic E-state index is 12.9. The third-order valence-corrected chi connectivity index (χ3v) is 5.78. The van der Waals surface area contributed by atoms with E-state index in [1.807, 2.05) is 12.1 Å². The van der Waals surface area contributed by atoms with Crippen molar-refractivity contribution in [3.05, 3.63) is 86.7 Å². The van der Waals surface area contributed by atoms with E-state index in [0.717, 1.165) is 10.5 Å². The predicted molar refractivity (Wildman–Crippen MR) is 127 cm³/mol. The summed E-state index contributed by atoms with van der Waals surface area (Å²) in [5.74, 6) is -0.271. The SMILES string of the molecule is COc1cc(/C=C2\C(=O)NC(=O)N(Cc3ccco3)C2=O)cc(Br)c1OCc1ccc(Cl)cc1. The maximum atomic E-state index is 12.9. The molecule has 1 aromatic heterocycles. The highest BCUT2D eigenvalue weighted by Crippen LogP contribution is 2.38. The average molecular weight is 546 g/mol. The molecule has 0 aliphatic carbocycles. The number of barbiturate groups is 1. The first-order chi connectivity index (χ1) is 16.4. The number of carbonyl (C=O) groups is 3. The fourth-order valence-electron chi connectivity index (χ4n) is 3.26. The lowest BCUT2D eigenvalue weighted by Crippen LogP contribution is -2.53. The molecule has 0 spiro atoms. The zero-order chi connectivity index (χ0) is 24.2. The highest BCUT2D eigenvalue weighted by Gasteiger charge is 2.36. The number of methoxy groups -OCH3 is 1. The van der Waals surface area contributed by atoms with Gasteiger partial charge in [0.1, 0.15) is 17.9 Å². The molecular formula is C24H18BrClN2O6. The standard InChI is InChI=1S/C24H18BrClN2O6/c1-32-20-11-15(10-19(25)21(20)34-13-14-4-6-16(26)7-5-14)9-18-22(29)27-24(31)28(23(18)30)12-17-3-2-8-33-17/h2-11H,12-13H2,1H3,(H,27,29,31)/b18-9+. The van der Waals surface area contributed by atoms with Gasteiger partial charge in [-0.2, -0.15) is 0 Å². The minimum absolute atomic E-state index is 0.104. The lowest BCUT2D eigenvalue weighted by atomic mass is 10.1. The first kappa shape index (κ1) is 23.6. The second-order valence-corrected chi connectivity index (χ2v) is 8.53. The Morgan fingerprint density at radius 2 is 1.91 bits per heavy atom. The van der Waals surface area contributed by atoms with Crippen molar-refractivity contribution in [3.8, 4) is 11.5 Å². The number of nitrogens with zero attached hydrogens (tertiary/aromatic N) is 1. The molecule has 0 radical (unpaired) electrons. The summed E-state index contributed by atoms with van der Waals surface area (Å²) in [6.07, 6.45) is 2.82. The molecule has 8 nitrogen and oxygen atoms in total. The summed E-state index contributed by atoms with van der Waals surface area (Å²) in [6.45, 7) is 0.171. The third kappa shape index (κ3) is 5.16. The molecule has 34 heavy (non-hydrogen) atoms. The number of rotatable bonds is 7. The summed E-state index contributed by atoms with van der Waals surface area (Å²) in [4.78, 5) is 38.4. The highest BCUT2D eigenvalue weighted by atomic mass is 79.9. The number of imide groups is 2. The fraction of sp³-hybridized carbons (Fsp3) is 0.125. The first-order valence-electron chi connectivity index (χ1n) is 10.0. The molecule has 0 unspecified atom stereocenters. The van der Waals surface area contributed by atoms with Crippen LogP contribution in [0, 0.1) is 0 Å². The van der Waals surface area contributed by atoms with Gasteiger partial charge in [-0.05, 0) is 69.5 Å². The van der Waals surface area contributed by atoms with Crippen LogP contribution in [0.2, 0.25) is 5.02 Å². The van der Waals surface area contributed by atoms with Crippen molar-refractivity contribution in [2.24, 2.45) is 0 Å². The largest absolute Gasteiger partial charge is 0.493 e. The molecule has 4 amide bonds. The van der Waals surface area contributed by atoms with Crippen molar-refractivity contribution < 1.29 is 28.3 Å². The molecule has 1 N–H and O–H groups in total. The van der Waals surface area contributed by atoms with Crippen molar-refractivity contribution >= 4 is 51.5 Å². The number of urea groups is 1. The zero-order valence-electron chi connectivity index (χ0n) is 17.8. The molecule has 2 heterocycles. The van der Waals surface area contributed by atoms with Crippen LogP contribution in [0.3, 0.4) is 0 Å². The molecule has 1 fully saturated rings. The van der Waals surface area contributed by atoms with Crippen LogP contribution >= 0.6 is 27.5 Å². The molecular weight excluding hydrogens is 528 g/mol. The van der Waals surface area contributed by atoms with E-state index in [9.17, 15) is 14.4 Å². The molecule has 1 aliphatic heterocycles. The molecule has 1 saturated heterocycles. The smallest absolute Gasteiger partial charge is 0.331 e. The van der Waals surface area contributed by atoms with Gasteiger partial charge in [0.2, 0.25) is 0 Å². The van der Waals surface area contributed by atoms with Crippen LogP contribution in [-0.4, -0.2) is 29.9 Å². The topological polar surface area (TPSA) is 98.1 Å². The fourth-order valence-corrected chi connectivity index (χ4v) is 3.96. The van der Waals surface area contributed by atoms with Crippen molar-refractivity contribution in [2.75, 3.05) is 7.11 Å². The summed E-state index contributed by atoms with van der Waals surface area (Å²) in [5, 5.41) is 2.81. The lowest BCUT2D eigenvalue weighted by Gasteiger charge is -2.25. The molecule has 1 aliphatic rings. The number of hydrogen-bond acceptors (Lipinski definition) is 6. The number of furan rings is 1. The van der Waals surface area contributed by atoms with E-state index in [-0.39, 0.29) is 18.7 Å². The van der Waals surface area contributed by atoms with Crippen LogP contribution in [0.15, 0.2) is 69.3 Å². The highest BCUT2D eigenvalue weighted by molar-refractivity contribution is 9.10. The quantitative estimate of drug-likeness (QED) is 0.333. The van der Waals surface area contributed by atoms with Gasteiger partial charge in [-0.3, -0.25) is 19.8 Å². The number of nitrogens with one attached hydrogen (secondary N) is 1. The van der Waals surface area contributed by atoms with Gasteiger partial charge in [0.05, 0.1) is 24.4 Å². The molecule has 174 valence electrons. The van der Waals surface area contributed by atoms with E-state index in [4.69, 9.17) is 25.5 Å². The van der Waals surface area contributed by atoms with Gasteiger partial charge in [0, 0.05) is 5.02 Å². The Labute approximate surface area is 208 Å². The van der Waals surface area contributed by atoms with Crippen LogP contribution in [0.5, 0.6) is 11.5 Å². The average Bonchev–Trinajstić information content (AvgIpc) is 3.33. The number of halogens is 2. The summed E-state index contributed by atoms with van der Waals surface area (Å²) in [5.41, 5.74) is 1.21. The molecule has 0 atom stereocenters. The zero-order valence-corrected chi connectivity index (χ0v) is 20.2. The van der Waals surface area contributed by atoms with Gasteiger partial charge in [-0.1, -0.05) is 23.7 Å². The molecule has 4 rings (SSSR count). The van der Waals surface area contributed by atoms with Crippen molar-refractivity contribution in [1.29, 1.82) is 0 Å². The minimum Gasteiger partial charge on any atom is -0.493 e. The van der Waals surface area contributed by atoms with Crippen LogP contribution in [0.1, 0.15) is 16.9 Å². The summed E-state index contributed by atoms with van der Waals surface area (Å²) < 4.78 is 17.1. The monoisotopic (exact) mass is 544 g/mol. The second kappa shape index (κ2) is 10.1. The van der Waals surface area contributed by atoms with E-state index >= 15 is 0 Å². The Hall–Kier alpha value is -3.56. The Bertz CT molecular complexity index is 1270. The van der Waals surface area contributed by atoms with Gasteiger partial charge in [-0.25, -0.2) is 4.79 Å². The Kier molecular flexibility index (Phi) is 7.04. The Balaban J connectivity index is 1.59. The third-order valence-electron chi connectivity index (χ3n) is 4.94.